The van der Waals surface area contributed by atoms with Crippen molar-refractivity contribution in [2.45, 2.75) is 13.8 Å². The van der Waals surface area contributed by atoms with Crippen LogP contribution in [-0.4, -0.2) is 11.5 Å². The summed E-state index contributed by atoms with van der Waals surface area (Å²) in [4.78, 5) is 4.35. The molecule has 1 aromatic heterocycles. The lowest BCUT2D eigenvalue weighted by atomic mass is 10.1. The Bertz CT molecular complexity index is 540. The zero-order valence-electron chi connectivity index (χ0n) is 9.14. The minimum atomic E-state index is 0.766. The van der Waals surface area contributed by atoms with Crippen molar-refractivity contribution < 1.29 is 0 Å². The highest BCUT2D eigenvalue weighted by molar-refractivity contribution is 9.10. The van der Waals surface area contributed by atoms with Gasteiger partial charge in [-0.15, -0.1) is 0 Å². The lowest BCUT2D eigenvalue weighted by molar-refractivity contribution is 1.21. The molecule has 0 amide bonds. The molecular formula is C12H12BrClN2. The van der Waals surface area contributed by atoms with E-state index in [9.17, 15) is 0 Å². The van der Waals surface area contributed by atoms with Gasteiger partial charge < -0.3 is 5.32 Å². The molecule has 1 aromatic carbocycles. The van der Waals surface area contributed by atoms with Crippen molar-refractivity contribution in [3.05, 3.63) is 33.4 Å². The van der Waals surface area contributed by atoms with E-state index in [1.807, 2.05) is 19.1 Å². The monoisotopic (exact) mass is 298 g/mol. The lowest BCUT2D eigenvalue weighted by Gasteiger charge is -2.11. The van der Waals surface area contributed by atoms with Crippen molar-refractivity contribution in [3.8, 4) is 0 Å². The fraction of sp³-hybridized carbons (Fsp3) is 0.250. The first-order valence-electron chi connectivity index (χ1n) is 5.12. The second kappa shape index (κ2) is 4.60. The van der Waals surface area contributed by atoms with E-state index in [0.717, 1.165) is 38.2 Å². The van der Waals surface area contributed by atoms with E-state index in [-0.39, 0.29) is 0 Å². The molecule has 1 N–H and O–H groups in total. The zero-order chi connectivity index (χ0) is 11.7. The van der Waals surface area contributed by atoms with Gasteiger partial charge in [0.2, 0.25) is 0 Å². The molecular weight excluding hydrogens is 288 g/mol. The molecule has 16 heavy (non-hydrogen) atoms. The van der Waals surface area contributed by atoms with E-state index >= 15 is 0 Å². The molecule has 0 unspecified atom stereocenters. The number of nitrogens with zero attached hydrogens (tertiary/aromatic N) is 1. The predicted molar refractivity (Wildman–Crippen MR) is 73.4 cm³/mol. The largest absolute Gasteiger partial charge is 0.385 e. The molecule has 0 bridgehead atoms. The predicted octanol–water partition coefficient (Wildman–Crippen LogP) is 4.39. The van der Waals surface area contributed by atoms with Gasteiger partial charge in [-0.1, -0.05) is 11.6 Å². The molecule has 2 nitrogen and oxygen atoms in total. The Kier molecular flexibility index (Phi) is 3.36. The van der Waals surface area contributed by atoms with Gasteiger partial charge in [0.15, 0.2) is 0 Å². The molecule has 0 spiro atoms. The Morgan fingerprint density at radius 3 is 2.94 bits per heavy atom. The fourth-order valence-electron chi connectivity index (χ4n) is 1.72. The molecule has 0 radical (unpaired) electrons. The standard InChI is InChI=1S/C12H12BrClN2/c1-3-15-9-4-5-16-12-8(13)6-7(2)11(14)10(9)12/h4-6H,3H2,1-2H3,(H,15,16). The van der Waals surface area contributed by atoms with Crippen LogP contribution in [0.25, 0.3) is 10.9 Å². The summed E-state index contributed by atoms with van der Waals surface area (Å²) in [7, 11) is 0. The number of aryl methyl sites for hydroxylation is 1. The minimum absolute atomic E-state index is 0.766. The summed E-state index contributed by atoms with van der Waals surface area (Å²) in [5.41, 5.74) is 2.98. The highest BCUT2D eigenvalue weighted by Crippen LogP contribution is 2.36. The Balaban J connectivity index is 2.84. The summed E-state index contributed by atoms with van der Waals surface area (Å²) >= 11 is 9.86. The van der Waals surface area contributed by atoms with Crippen molar-refractivity contribution >= 4 is 44.1 Å². The van der Waals surface area contributed by atoms with E-state index < -0.39 is 0 Å². The van der Waals surface area contributed by atoms with Crippen molar-refractivity contribution in [1.29, 1.82) is 0 Å². The molecule has 0 fully saturated rings. The molecule has 4 heteroatoms. The number of rotatable bonds is 2. The van der Waals surface area contributed by atoms with Gasteiger partial charge in [0.1, 0.15) is 0 Å². The first-order chi connectivity index (χ1) is 7.65. The third kappa shape index (κ3) is 1.89. The molecule has 1 heterocycles. The van der Waals surface area contributed by atoms with E-state index in [1.165, 1.54) is 0 Å². The van der Waals surface area contributed by atoms with E-state index in [4.69, 9.17) is 11.6 Å². The van der Waals surface area contributed by atoms with E-state index in [0.29, 0.717) is 0 Å². The Hall–Kier alpha value is -0.800. The lowest BCUT2D eigenvalue weighted by Crippen LogP contribution is -1.99. The Morgan fingerprint density at radius 1 is 1.50 bits per heavy atom. The Morgan fingerprint density at radius 2 is 2.25 bits per heavy atom. The summed E-state index contributed by atoms with van der Waals surface area (Å²) in [6.07, 6.45) is 1.79. The highest BCUT2D eigenvalue weighted by atomic mass is 79.9. The molecule has 2 aromatic rings. The van der Waals surface area contributed by atoms with Crippen molar-refractivity contribution in [3.63, 3.8) is 0 Å². The van der Waals surface area contributed by atoms with Gasteiger partial charge in [0.05, 0.1) is 10.5 Å². The maximum atomic E-state index is 6.34. The number of hydrogen-bond acceptors (Lipinski definition) is 2. The first-order valence-corrected chi connectivity index (χ1v) is 6.29. The average molecular weight is 300 g/mol. The quantitative estimate of drug-likeness (QED) is 0.889. The minimum Gasteiger partial charge on any atom is -0.385 e. The van der Waals surface area contributed by atoms with Crippen LogP contribution in [0.1, 0.15) is 12.5 Å². The van der Waals surface area contributed by atoms with Gasteiger partial charge in [-0.3, -0.25) is 4.98 Å². The van der Waals surface area contributed by atoms with Gasteiger partial charge in [-0.25, -0.2) is 0 Å². The normalized spacial score (nSPS) is 10.8. The van der Waals surface area contributed by atoms with Gasteiger partial charge in [0, 0.05) is 28.3 Å². The first kappa shape index (κ1) is 11.7. The van der Waals surface area contributed by atoms with Crippen molar-refractivity contribution in [2.75, 3.05) is 11.9 Å². The maximum absolute atomic E-state index is 6.34. The van der Waals surface area contributed by atoms with Crippen LogP contribution in [0.15, 0.2) is 22.8 Å². The fourth-order valence-corrected chi connectivity index (χ4v) is 2.61. The molecule has 0 aliphatic carbocycles. The second-order valence-corrected chi connectivity index (χ2v) is 4.83. The number of pyridine rings is 1. The van der Waals surface area contributed by atoms with Crippen molar-refractivity contribution in [1.82, 2.24) is 4.98 Å². The maximum Gasteiger partial charge on any atom is 0.0879 e. The third-order valence-electron chi connectivity index (χ3n) is 2.45. The number of aromatic nitrogens is 1. The van der Waals surface area contributed by atoms with Gasteiger partial charge >= 0.3 is 0 Å². The second-order valence-electron chi connectivity index (χ2n) is 3.60. The summed E-state index contributed by atoms with van der Waals surface area (Å²) in [6.45, 7) is 4.92. The van der Waals surface area contributed by atoms with Crippen LogP contribution in [0, 0.1) is 6.92 Å². The molecule has 84 valence electrons. The molecule has 0 atom stereocenters. The number of nitrogens with one attached hydrogen (secondary N) is 1. The van der Waals surface area contributed by atoms with Crippen LogP contribution in [0.2, 0.25) is 5.02 Å². The third-order valence-corrected chi connectivity index (χ3v) is 3.54. The van der Waals surface area contributed by atoms with Gasteiger partial charge in [-0.2, -0.15) is 0 Å². The van der Waals surface area contributed by atoms with Crippen LogP contribution in [-0.2, 0) is 0 Å². The topological polar surface area (TPSA) is 24.9 Å². The number of halogens is 2. The average Bonchev–Trinajstić information content (AvgIpc) is 2.26. The summed E-state index contributed by atoms with van der Waals surface area (Å²) in [5, 5.41) is 5.05. The summed E-state index contributed by atoms with van der Waals surface area (Å²) in [5.74, 6) is 0. The van der Waals surface area contributed by atoms with Crippen LogP contribution in [0.3, 0.4) is 0 Å². The SMILES string of the molecule is CCNc1ccnc2c(Br)cc(C)c(Cl)c12. The van der Waals surface area contributed by atoms with Gasteiger partial charge in [0.25, 0.3) is 0 Å². The molecule has 0 aliphatic heterocycles. The van der Waals surface area contributed by atoms with Crippen LogP contribution in [0.5, 0.6) is 0 Å². The smallest absolute Gasteiger partial charge is 0.0879 e. The molecule has 0 saturated heterocycles. The van der Waals surface area contributed by atoms with Crippen LogP contribution < -0.4 is 5.32 Å². The highest BCUT2D eigenvalue weighted by Gasteiger charge is 2.11. The number of hydrogen-bond donors (Lipinski definition) is 1. The van der Waals surface area contributed by atoms with E-state index in [1.54, 1.807) is 6.20 Å². The molecule has 2 rings (SSSR count). The number of benzene rings is 1. The number of fused-ring (bicyclic) bond motifs is 1. The molecule has 0 aliphatic rings. The molecule has 0 saturated carbocycles. The summed E-state index contributed by atoms with van der Waals surface area (Å²) in [6, 6.07) is 3.94. The van der Waals surface area contributed by atoms with E-state index in [2.05, 4.69) is 33.2 Å². The van der Waals surface area contributed by atoms with Crippen LogP contribution in [0.4, 0.5) is 5.69 Å². The zero-order valence-corrected chi connectivity index (χ0v) is 11.5. The van der Waals surface area contributed by atoms with Gasteiger partial charge in [-0.05, 0) is 47.5 Å². The number of anilines is 1. The van der Waals surface area contributed by atoms with Crippen molar-refractivity contribution in [2.24, 2.45) is 0 Å². The Labute approximate surface area is 108 Å². The van der Waals surface area contributed by atoms with Crippen LogP contribution >= 0.6 is 27.5 Å². The summed E-state index contributed by atoms with van der Waals surface area (Å²) < 4.78 is 0.976.